The molecule has 0 saturated heterocycles. The van der Waals surface area contributed by atoms with Crippen LogP contribution in [0.5, 0.6) is 0 Å². The summed E-state index contributed by atoms with van der Waals surface area (Å²) in [5.41, 5.74) is 14.7. The predicted octanol–water partition coefficient (Wildman–Crippen LogP) is 5.05. The number of aromatic nitrogens is 1. The van der Waals surface area contributed by atoms with Crippen LogP contribution in [0.1, 0.15) is 33.4 Å². The van der Waals surface area contributed by atoms with Gasteiger partial charge in [0, 0.05) is 11.9 Å². The van der Waals surface area contributed by atoms with E-state index in [0.717, 1.165) is 5.69 Å². The monoisotopic (exact) mass is 391 g/mol. The van der Waals surface area contributed by atoms with Crippen LogP contribution in [-0.4, -0.2) is 11.7 Å². The molecular formula is C28H30BN. The molecule has 0 radical (unpaired) electrons. The van der Waals surface area contributed by atoms with Crippen LogP contribution in [0, 0.1) is 41.5 Å². The minimum absolute atomic E-state index is 0.226. The van der Waals surface area contributed by atoms with Crippen molar-refractivity contribution in [3.05, 3.63) is 100 Å². The van der Waals surface area contributed by atoms with Gasteiger partial charge in [-0.25, -0.2) is 0 Å². The third kappa shape index (κ3) is 3.75. The lowest BCUT2D eigenvalue weighted by Crippen LogP contribution is -2.55. The molecule has 30 heavy (non-hydrogen) atoms. The van der Waals surface area contributed by atoms with Crippen LogP contribution in [-0.2, 0) is 0 Å². The molecule has 0 spiro atoms. The molecule has 3 aromatic carbocycles. The molecule has 4 rings (SSSR count). The van der Waals surface area contributed by atoms with E-state index < -0.39 is 0 Å². The summed E-state index contributed by atoms with van der Waals surface area (Å²) < 4.78 is 0. The summed E-state index contributed by atoms with van der Waals surface area (Å²) in [5.74, 6) is 0. The van der Waals surface area contributed by atoms with Crippen molar-refractivity contribution in [1.82, 2.24) is 4.98 Å². The summed E-state index contributed by atoms with van der Waals surface area (Å²) in [6.07, 6.45) is 1.98. The van der Waals surface area contributed by atoms with Crippen LogP contribution < -0.4 is 16.4 Å². The Hall–Kier alpha value is -3.00. The van der Waals surface area contributed by atoms with Gasteiger partial charge in [0.25, 0.3) is 0 Å². The Kier molecular flexibility index (Phi) is 5.43. The average Bonchev–Trinajstić information content (AvgIpc) is 3.20. The number of hydrogen-bond acceptors (Lipinski definition) is 0. The number of hydrogen-bond donors (Lipinski definition) is 1. The van der Waals surface area contributed by atoms with E-state index in [1.165, 1.54) is 55.3 Å². The van der Waals surface area contributed by atoms with E-state index in [4.69, 9.17) is 0 Å². The van der Waals surface area contributed by atoms with Gasteiger partial charge in [0.1, 0.15) is 0 Å². The highest BCUT2D eigenvalue weighted by molar-refractivity contribution is 6.96. The summed E-state index contributed by atoms with van der Waals surface area (Å²) >= 11 is 0. The molecule has 0 saturated carbocycles. The number of nitrogens with one attached hydrogen (secondary N) is 1. The van der Waals surface area contributed by atoms with Crippen molar-refractivity contribution in [3.8, 4) is 11.3 Å². The second kappa shape index (κ2) is 8.03. The minimum atomic E-state index is 0.226. The van der Waals surface area contributed by atoms with Crippen LogP contribution in [0.3, 0.4) is 0 Å². The first-order valence-electron chi connectivity index (χ1n) is 10.7. The van der Waals surface area contributed by atoms with Gasteiger partial charge in [0.05, 0.1) is 0 Å². The van der Waals surface area contributed by atoms with Gasteiger partial charge in [0.15, 0.2) is 0 Å². The van der Waals surface area contributed by atoms with Crippen molar-refractivity contribution in [2.45, 2.75) is 41.5 Å². The molecule has 0 aliphatic heterocycles. The van der Waals surface area contributed by atoms with Gasteiger partial charge < -0.3 is 4.98 Å². The lowest BCUT2D eigenvalue weighted by molar-refractivity contribution is 1.34. The molecule has 0 amide bonds. The third-order valence-electron chi connectivity index (χ3n) is 6.21. The lowest BCUT2D eigenvalue weighted by atomic mass is 9.34. The highest BCUT2D eigenvalue weighted by Crippen LogP contribution is 2.17. The Morgan fingerprint density at radius 3 is 1.47 bits per heavy atom. The molecule has 0 aliphatic carbocycles. The second-order valence-electron chi connectivity index (χ2n) is 8.76. The summed E-state index contributed by atoms with van der Waals surface area (Å²) in [5, 5.41) is 0. The minimum Gasteiger partial charge on any atom is -0.361 e. The molecule has 1 N–H and O–H groups in total. The Bertz CT molecular complexity index is 1080. The van der Waals surface area contributed by atoms with Crippen LogP contribution in [0.25, 0.3) is 11.3 Å². The van der Waals surface area contributed by atoms with Crippen LogP contribution in [0.15, 0.2) is 66.9 Å². The van der Waals surface area contributed by atoms with Gasteiger partial charge in [0.2, 0.25) is 6.71 Å². The molecule has 1 heterocycles. The fourth-order valence-electron chi connectivity index (χ4n) is 5.14. The quantitative estimate of drug-likeness (QED) is 0.469. The molecule has 150 valence electrons. The average molecular weight is 391 g/mol. The summed E-state index contributed by atoms with van der Waals surface area (Å²) in [4.78, 5) is 3.31. The molecule has 0 unspecified atom stereocenters. The van der Waals surface area contributed by atoms with Crippen LogP contribution >= 0.6 is 0 Å². The fraction of sp³-hybridized carbons (Fsp3) is 0.214. The number of aromatic amines is 1. The predicted molar refractivity (Wildman–Crippen MR) is 132 cm³/mol. The van der Waals surface area contributed by atoms with Crippen molar-refractivity contribution >= 4 is 23.1 Å². The van der Waals surface area contributed by atoms with Crippen molar-refractivity contribution in [2.75, 3.05) is 0 Å². The Balaban J connectivity index is 1.94. The van der Waals surface area contributed by atoms with E-state index in [1.54, 1.807) is 0 Å². The van der Waals surface area contributed by atoms with E-state index in [9.17, 15) is 0 Å². The number of rotatable bonds is 4. The molecule has 0 atom stereocenters. The summed E-state index contributed by atoms with van der Waals surface area (Å²) in [7, 11) is 0. The highest BCUT2D eigenvalue weighted by atomic mass is 14.7. The normalized spacial score (nSPS) is 11.0. The van der Waals surface area contributed by atoms with Gasteiger partial charge in [-0.15, -0.1) is 0 Å². The van der Waals surface area contributed by atoms with E-state index >= 15 is 0 Å². The van der Waals surface area contributed by atoms with Gasteiger partial charge in [-0.2, -0.15) is 0 Å². The first kappa shape index (κ1) is 20.3. The maximum atomic E-state index is 3.31. The van der Waals surface area contributed by atoms with Crippen molar-refractivity contribution in [2.24, 2.45) is 0 Å². The van der Waals surface area contributed by atoms with Gasteiger partial charge in [-0.1, -0.05) is 98.3 Å². The number of benzene rings is 3. The Labute approximate surface area is 181 Å². The van der Waals surface area contributed by atoms with E-state index in [1.807, 2.05) is 12.3 Å². The number of aryl methyl sites for hydroxylation is 6. The standard InChI is InChI=1S/C28H30BN/c1-18-14-20(3)27(21(4)15-18)29(28-22(5)16-19(2)17-23(28)6)25-11-9-24(10-12-25)26-8-7-13-30-26/h7-17,30H,1-6H3. The maximum absolute atomic E-state index is 3.31. The smallest absolute Gasteiger partial charge is 0.242 e. The second-order valence-corrected chi connectivity index (χ2v) is 8.76. The van der Waals surface area contributed by atoms with Gasteiger partial charge >= 0.3 is 0 Å². The van der Waals surface area contributed by atoms with E-state index in [-0.39, 0.29) is 6.71 Å². The molecular weight excluding hydrogens is 361 g/mol. The van der Waals surface area contributed by atoms with Crippen LogP contribution in [0.4, 0.5) is 0 Å². The van der Waals surface area contributed by atoms with Gasteiger partial charge in [-0.3, -0.25) is 0 Å². The molecule has 2 heteroatoms. The largest absolute Gasteiger partial charge is 0.361 e. The first-order chi connectivity index (χ1) is 14.3. The highest BCUT2D eigenvalue weighted by Gasteiger charge is 2.28. The SMILES string of the molecule is Cc1cc(C)c(B(c2ccc(-c3ccc[nH]3)cc2)c2c(C)cc(C)cc2C)c(C)c1. The van der Waals surface area contributed by atoms with Gasteiger partial charge in [-0.05, 0) is 59.2 Å². The fourth-order valence-corrected chi connectivity index (χ4v) is 5.14. The molecule has 1 nitrogen and oxygen atoms in total. The summed E-state index contributed by atoms with van der Waals surface area (Å²) in [6, 6.07) is 22.5. The van der Waals surface area contributed by atoms with Crippen molar-refractivity contribution in [1.29, 1.82) is 0 Å². The molecule has 0 bridgehead atoms. The zero-order chi connectivity index (χ0) is 21.4. The Morgan fingerprint density at radius 2 is 1.07 bits per heavy atom. The van der Waals surface area contributed by atoms with Crippen LogP contribution in [0.2, 0.25) is 0 Å². The Morgan fingerprint density at radius 1 is 0.600 bits per heavy atom. The molecule has 4 aromatic rings. The number of H-pyrrole nitrogens is 1. The summed E-state index contributed by atoms with van der Waals surface area (Å²) in [6.45, 7) is 13.6. The zero-order valence-electron chi connectivity index (χ0n) is 18.9. The zero-order valence-corrected chi connectivity index (χ0v) is 18.9. The maximum Gasteiger partial charge on any atom is 0.242 e. The van der Waals surface area contributed by atoms with E-state index in [2.05, 4.69) is 101 Å². The third-order valence-corrected chi connectivity index (χ3v) is 6.21. The van der Waals surface area contributed by atoms with Crippen molar-refractivity contribution in [3.63, 3.8) is 0 Å². The lowest BCUT2D eigenvalue weighted by Gasteiger charge is -2.24. The van der Waals surface area contributed by atoms with E-state index in [0.29, 0.717) is 0 Å². The molecule has 1 aromatic heterocycles. The molecule has 0 fully saturated rings. The topological polar surface area (TPSA) is 15.8 Å². The van der Waals surface area contributed by atoms with Crippen molar-refractivity contribution < 1.29 is 0 Å². The first-order valence-corrected chi connectivity index (χ1v) is 10.7. The molecule has 0 aliphatic rings.